The normalized spacial score (nSPS) is 11.7. The van der Waals surface area contributed by atoms with E-state index in [9.17, 15) is 4.39 Å². The summed E-state index contributed by atoms with van der Waals surface area (Å²) in [6.45, 7) is 0. The lowest BCUT2D eigenvalue weighted by Gasteiger charge is -2.19. The Hall–Kier alpha value is -0.753. The molecule has 0 amide bonds. The summed E-state index contributed by atoms with van der Waals surface area (Å²) in [5.74, 6) is -2.56. The van der Waals surface area contributed by atoms with E-state index >= 15 is 0 Å². The second-order valence-electron chi connectivity index (χ2n) is 2.98. The van der Waals surface area contributed by atoms with Crippen LogP contribution in [0.4, 0.5) is 4.39 Å². The van der Waals surface area contributed by atoms with Crippen molar-refractivity contribution >= 4 is 10.5 Å². The van der Waals surface area contributed by atoms with Crippen molar-refractivity contribution in [1.82, 2.24) is 0 Å². The monoisotopic (exact) mass is 213 g/mol. The molecule has 1 aromatic carbocycles. The van der Waals surface area contributed by atoms with Gasteiger partial charge in [0.1, 0.15) is 5.82 Å². The third-order valence-electron chi connectivity index (χ3n) is 1.79. The number of aryl methyl sites for hydroxylation is 1. The number of hydrogen-bond donors (Lipinski definition) is 2. The highest BCUT2D eigenvalue weighted by Gasteiger charge is 2.20. The average molecular weight is 213 g/mol. The lowest BCUT2D eigenvalue weighted by Crippen LogP contribution is -2.31. The Labute approximate surface area is 84.7 Å². The second-order valence-corrected chi connectivity index (χ2v) is 3.18. The Morgan fingerprint density at radius 3 is 2.71 bits per heavy atom. The van der Waals surface area contributed by atoms with Gasteiger partial charge in [-0.3, -0.25) is 0 Å². The smallest absolute Gasteiger partial charge is 0.268 e. The van der Waals surface area contributed by atoms with Gasteiger partial charge in [-0.05, 0) is 24.1 Å². The molecule has 0 aromatic heterocycles. The van der Waals surface area contributed by atoms with Crippen molar-refractivity contribution in [2.24, 2.45) is 0 Å². The van der Waals surface area contributed by atoms with E-state index in [1.165, 1.54) is 12.1 Å². The number of halogens is 1. The molecule has 3 radical (unpaired) electrons. The predicted octanol–water partition coefficient (Wildman–Crippen LogP) is 0.497. The second kappa shape index (κ2) is 4.65. The Morgan fingerprint density at radius 2 is 2.14 bits per heavy atom. The van der Waals surface area contributed by atoms with Crippen molar-refractivity contribution in [1.29, 1.82) is 0 Å². The van der Waals surface area contributed by atoms with Crippen molar-refractivity contribution in [2.45, 2.75) is 18.8 Å². The van der Waals surface area contributed by atoms with Crippen molar-refractivity contribution in [3.63, 3.8) is 0 Å². The van der Waals surface area contributed by atoms with Crippen LogP contribution in [0.25, 0.3) is 0 Å². The molecule has 14 heavy (non-hydrogen) atoms. The number of hydrogen-bond acceptors (Lipinski definition) is 3. The largest absolute Gasteiger partial charge is 0.371 e. The highest BCUT2D eigenvalue weighted by atomic mass is 28.2. The number of aliphatic hydroxyl groups is 2. The van der Waals surface area contributed by atoms with Crippen LogP contribution in [0.1, 0.15) is 12.0 Å². The Morgan fingerprint density at radius 1 is 1.43 bits per heavy atom. The van der Waals surface area contributed by atoms with Crippen molar-refractivity contribution in [3.05, 3.63) is 35.6 Å². The van der Waals surface area contributed by atoms with Crippen LogP contribution < -0.4 is 0 Å². The van der Waals surface area contributed by atoms with Gasteiger partial charge in [-0.15, -0.1) is 0 Å². The summed E-state index contributed by atoms with van der Waals surface area (Å²) in [7, 11) is 2.53. The van der Waals surface area contributed by atoms with Crippen molar-refractivity contribution < 1.29 is 19.0 Å². The fourth-order valence-electron chi connectivity index (χ4n) is 1.05. The molecule has 1 aromatic rings. The maximum atomic E-state index is 12.7. The van der Waals surface area contributed by atoms with Gasteiger partial charge in [-0.1, -0.05) is 12.1 Å². The molecule has 0 saturated carbocycles. The summed E-state index contributed by atoms with van der Waals surface area (Å²) in [5.41, 5.74) is 0.682. The lowest BCUT2D eigenvalue weighted by molar-refractivity contribution is -0.294. The molecule has 0 unspecified atom stereocenters. The van der Waals surface area contributed by atoms with Crippen LogP contribution in [0.5, 0.6) is 0 Å². The Kier molecular flexibility index (Phi) is 3.76. The van der Waals surface area contributed by atoms with Crippen molar-refractivity contribution in [2.75, 3.05) is 0 Å². The molecule has 0 saturated heterocycles. The maximum Gasteiger partial charge on any atom is 0.268 e. The third kappa shape index (κ3) is 3.55. The first kappa shape index (κ1) is 11.3. The van der Waals surface area contributed by atoms with Crippen LogP contribution >= 0.6 is 0 Å². The summed E-state index contributed by atoms with van der Waals surface area (Å²) in [6, 6.07) is 5.93. The van der Waals surface area contributed by atoms with Crippen LogP contribution in [0, 0.1) is 5.82 Å². The highest BCUT2D eigenvalue weighted by Crippen LogP contribution is 2.12. The van der Waals surface area contributed by atoms with Gasteiger partial charge in [0.25, 0.3) is 16.5 Å². The van der Waals surface area contributed by atoms with E-state index in [1.807, 2.05) is 0 Å². The molecule has 5 heteroatoms. The van der Waals surface area contributed by atoms with Gasteiger partial charge >= 0.3 is 0 Å². The lowest BCUT2D eigenvalue weighted by atomic mass is 10.1. The first-order chi connectivity index (χ1) is 6.53. The van der Waals surface area contributed by atoms with Gasteiger partial charge in [-0.2, -0.15) is 0 Å². The quantitative estimate of drug-likeness (QED) is 0.565. The molecule has 0 fully saturated rings. The van der Waals surface area contributed by atoms with E-state index in [4.69, 9.17) is 10.2 Å². The van der Waals surface area contributed by atoms with Gasteiger partial charge in [0.2, 0.25) is 0 Å². The molecular weight excluding hydrogens is 203 g/mol. The molecule has 3 nitrogen and oxygen atoms in total. The van der Waals surface area contributed by atoms with Gasteiger partial charge < -0.3 is 14.6 Å². The fourth-order valence-corrected chi connectivity index (χ4v) is 1.15. The van der Waals surface area contributed by atoms with Crippen molar-refractivity contribution in [3.8, 4) is 0 Å². The van der Waals surface area contributed by atoms with E-state index in [0.717, 1.165) is 0 Å². The van der Waals surface area contributed by atoms with Gasteiger partial charge in [0, 0.05) is 6.42 Å². The SMILES string of the molecule is OC(O)(CCc1cccc(F)c1)O[Si]. The summed E-state index contributed by atoms with van der Waals surface area (Å²) in [5, 5.41) is 18.1. The molecule has 75 valence electrons. The average Bonchev–Trinajstić information content (AvgIpc) is 2.15. The zero-order valence-electron chi connectivity index (χ0n) is 7.40. The standard InChI is InChI=1S/C9H10FO3Si/c10-8-3-1-2-7(6-8)4-5-9(11,12)13-14/h1-3,6,11-12H,4-5H2. The number of benzene rings is 1. The van der Waals surface area contributed by atoms with Gasteiger partial charge in [-0.25, -0.2) is 4.39 Å². The molecule has 2 N–H and O–H groups in total. The van der Waals surface area contributed by atoms with E-state index in [0.29, 0.717) is 12.0 Å². The van der Waals surface area contributed by atoms with E-state index in [1.54, 1.807) is 12.1 Å². The molecule has 0 atom stereocenters. The van der Waals surface area contributed by atoms with Crippen LogP contribution in [-0.2, 0) is 10.8 Å². The zero-order chi connectivity index (χ0) is 10.6. The minimum Gasteiger partial charge on any atom is -0.371 e. The molecule has 0 aliphatic heterocycles. The topological polar surface area (TPSA) is 49.7 Å². The molecule has 0 bridgehead atoms. The first-order valence-corrected chi connectivity index (χ1v) is 4.48. The minimum absolute atomic E-state index is 0.0417. The summed E-state index contributed by atoms with van der Waals surface area (Å²) >= 11 is 0. The maximum absolute atomic E-state index is 12.7. The third-order valence-corrected chi connectivity index (χ3v) is 2.12. The molecule has 1 rings (SSSR count). The van der Waals surface area contributed by atoms with E-state index < -0.39 is 5.97 Å². The Bertz CT molecular complexity index is 304. The van der Waals surface area contributed by atoms with Crippen LogP contribution in [0.15, 0.2) is 24.3 Å². The van der Waals surface area contributed by atoms with Gasteiger partial charge in [0.05, 0.1) is 0 Å². The van der Waals surface area contributed by atoms with Gasteiger partial charge in [0.15, 0.2) is 0 Å². The minimum atomic E-state index is -2.22. The first-order valence-electron chi connectivity index (χ1n) is 4.07. The molecule has 0 aliphatic carbocycles. The molecule has 0 spiro atoms. The molecule has 0 aliphatic rings. The molecule has 0 heterocycles. The van der Waals surface area contributed by atoms with Crippen LogP contribution in [0.3, 0.4) is 0 Å². The number of rotatable bonds is 4. The summed E-state index contributed by atoms with van der Waals surface area (Å²) in [6.07, 6.45) is 0.273. The van der Waals surface area contributed by atoms with E-state index in [2.05, 4.69) is 14.9 Å². The van der Waals surface area contributed by atoms with Crippen LogP contribution in [0.2, 0.25) is 0 Å². The predicted molar refractivity (Wildman–Crippen MR) is 48.7 cm³/mol. The van der Waals surface area contributed by atoms with E-state index in [-0.39, 0.29) is 12.2 Å². The fraction of sp³-hybridized carbons (Fsp3) is 0.333. The summed E-state index contributed by atoms with van der Waals surface area (Å²) in [4.78, 5) is 0. The Balaban J connectivity index is 2.54. The highest BCUT2D eigenvalue weighted by molar-refractivity contribution is 5.98. The zero-order valence-corrected chi connectivity index (χ0v) is 8.40. The summed E-state index contributed by atoms with van der Waals surface area (Å²) < 4.78 is 16.9. The van der Waals surface area contributed by atoms with Crippen LogP contribution in [-0.4, -0.2) is 26.7 Å². The molecular formula is C9H10FO3Si.